The molecule has 5 amide bonds. The number of carbonyl (C=O) groups excluding carboxylic acids is 4. The largest absolute Gasteiger partial charge is 0.370 e. The Hall–Kier alpha value is -2.16. The highest BCUT2D eigenvalue weighted by atomic mass is 16.2. The number of hydrogen-bond acceptors (Lipinski definition) is 5. The third kappa shape index (κ3) is 3.50. The first-order valence-electron chi connectivity index (χ1n) is 8.11. The minimum Gasteiger partial charge on any atom is -0.370 e. The lowest BCUT2D eigenvalue weighted by atomic mass is 10.1. The highest BCUT2D eigenvalue weighted by molar-refractivity contribution is 6.06. The van der Waals surface area contributed by atoms with Gasteiger partial charge in [-0.2, -0.15) is 0 Å². The maximum Gasteiger partial charge on any atom is 0.325 e. The van der Waals surface area contributed by atoms with Crippen LogP contribution in [0.1, 0.15) is 39.5 Å². The SMILES string of the molecule is CC1(C)NC(=O)N(CCC(=O)N2[C@H](CN)CC[C@@H]2CC(N)=O)C1=O. The van der Waals surface area contributed by atoms with Crippen molar-refractivity contribution in [3.05, 3.63) is 0 Å². The summed E-state index contributed by atoms with van der Waals surface area (Å²) in [6.45, 7) is 3.53. The second kappa shape index (κ2) is 6.76. The third-order valence-corrected chi connectivity index (χ3v) is 4.61. The zero-order chi connectivity index (χ0) is 18.1. The molecule has 0 aliphatic carbocycles. The predicted octanol–water partition coefficient (Wildman–Crippen LogP) is -1.10. The maximum absolute atomic E-state index is 12.6. The van der Waals surface area contributed by atoms with Gasteiger partial charge < -0.3 is 21.7 Å². The van der Waals surface area contributed by atoms with E-state index in [4.69, 9.17) is 11.5 Å². The second-order valence-corrected chi connectivity index (χ2v) is 6.85. The van der Waals surface area contributed by atoms with E-state index in [2.05, 4.69) is 5.32 Å². The molecule has 5 N–H and O–H groups in total. The zero-order valence-electron chi connectivity index (χ0n) is 14.1. The molecule has 0 unspecified atom stereocenters. The van der Waals surface area contributed by atoms with Gasteiger partial charge in [0, 0.05) is 38.0 Å². The summed E-state index contributed by atoms with van der Waals surface area (Å²) in [5, 5.41) is 2.57. The van der Waals surface area contributed by atoms with Crippen LogP contribution in [-0.4, -0.2) is 64.3 Å². The average molecular weight is 339 g/mol. The molecule has 24 heavy (non-hydrogen) atoms. The Bertz CT molecular complexity index is 562. The summed E-state index contributed by atoms with van der Waals surface area (Å²) in [4.78, 5) is 50.4. The van der Waals surface area contributed by atoms with Crippen LogP contribution in [0.25, 0.3) is 0 Å². The maximum atomic E-state index is 12.6. The fourth-order valence-electron chi connectivity index (χ4n) is 3.39. The minimum atomic E-state index is -0.956. The van der Waals surface area contributed by atoms with Crippen molar-refractivity contribution in [2.75, 3.05) is 13.1 Å². The van der Waals surface area contributed by atoms with Crippen LogP contribution in [-0.2, 0) is 14.4 Å². The van der Waals surface area contributed by atoms with Crippen LogP contribution in [0.5, 0.6) is 0 Å². The molecule has 0 aromatic rings. The molecule has 0 aromatic carbocycles. The lowest BCUT2D eigenvalue weighted by molar-refractivity contribution is -0.135. The Morgan fingerprint density at radius 2 is 1.88 bits per heavy atom. The number of nitrogens with one attached hydrogen (secondary N) is 1. The summed E-state index contributed by atoms with van der Waals surface area (Å²) in [6.07, 6.45) is 1.49. The van der Waals surface area contributed by atoms with Crippen molar-refractivity contribution in [1.29, 1.82) is 0 Å². The smallest absolute Gasteiger partial charge is 0.325 e. The van der Waals surface area contributed by atoms with Crippen molar-refractivity contribution in [2.45, 2.75) is 57.2 Å². The molecular formula is C15H25N5O4. The molecule has 0 bridgehead atoms. The Morgan fingerprint density at radius 3 is 2.38 bits per heavy atom. The monoisotopic (exact) mass is 339 g/mol. The van der Waals surface area contributed by atoms with Gasteiger partial charge in [0.2, 0.25) is 11.8 Å². The molecular weight excluding hydrogens is 314 g/mol. The van der Waals surface area contributed by atoms with Crippen molar-refractivity contribution in [3.63, 3.8) is 0 Å². The van der Waals surface area contributed by atoms with E-state index in [0.29, 0.717) is 13.0 Å². The van der Waals surface area contributed by atoms with Gasteiger partial charge in [0.15, 0.2) is 0 Å². The summed E-state index contributed by atoms with van der Waals surface area (Å²) in [6, 6.07) is -0.896. The lowest BCUT2D eigenvalue weighted by Gasteiger charge is -2.30. The first-order chi connectivity index (χ1) is 11.2. The van der Waals surface area contributed by atoms with Gasteiger partial charge >= 0.3 is 6.03 Å². The van der Waals surface area contributed by atoms with Gasteiger partial charge in [-0.1, -0.05) is 0 Å². The molecule has 0 aromatic heterocycles. The van der Waals surface area contributed by atoms with Crippen LogP contribution in [0.4, 0.5) is 4.79 Å². The number of rotatable bonds is 6. The molecule has 134 valence electrons. The summed E-state index contributed by atoms with van der Waals surface area (Å²) >= 11 is 0. The van der Waals surface area contributed by atoms with E-state index >= 15 is 0 Å². The van der Waals surface area contributed by atoms with Crippen LogP contribution >= 0.6 is 0 Å². The van der Waals surface area contributed by atoms with Gasteiger partial charge in [0.05, 0.1) is 0 Å². The topological polar surface area (TPSA) is 139 Å². The molecule has 9 heteroatoms. The van der Waals surface area contributed by atoms with E-state index in [0.717, 1.165) is 11.3 Å². The Morgan fingerprint density at radius 1 is 1.25 bits per heavy atom. The molecule has 2 heterocycles. The van der Waals surface area contributed by atoms with Crippen molar-refractivity contribution < 1.29 is 19.2 Å². The average Bonchev–Trinajstić information content (AvgIpc) is 2.96. The summed E-state index contributed by atoms with van der Waals surface area (Å²) in [7, 11) is 0. The molecule has 0 radical (unpaired) electrons. The Labute approximate surface area is 140 Å². The molecule has 9 nitrogen and oxygen atoms in total. The van der Waals surface area contributed by atoms with Gasteiger partial charge in [-0.05, 0) is 26.7 Å². The number of hydrogen-bond donors (Lipinski definition) is 3. The summed E-state index contributed by atoms with van der Waals surface area (Å²) in [5.41, 5.74) is 10.0. The van der Waals surface area contributed by atoms with E-state index < -0.39 is 17.5 Å². The van der Waals surface area contributed by atoms with Crippen molar-refractivity contribution in [1.82, 2.24) is 15.1 Å². The minimum absolute atomic E-state index is 0.000994. The first kappa shape index (κ1) is 18.2. The summed E-state index contributed by atoms with van der Waals surface area (Å²) in [5.74, 6) is -1.04. The quantitative estimate of drug-likeness (QED) is 0.527. The first-order valence-corrected chi connectivity index (χ1v) is 8.11. The molecule has 2 rings (SSSR count). The van der Waals surface area contributed by atoms with Crippen LogP contribution in [0.2, 0.25) is 0 Å². The van der Waals surface area contributed by atoms with E-state index in [9.17, 15) is 19.2 Å². The third-order valence-electron chi connectivity index (χ3n) is 4.61. The molecule has 0 saturated carbocycles. The highest BCUT2D eigenvalue weighted by Gasteiger charge is 2.44. The predicted molar refractivity (Wildman–Crippen MR) is 85.5 cm³/mol. The standard InChI is InChI=1S/C15H25N5O4/c1-15(2)13(23)19(14(24)18-15)6-5-12(22)20-9(7-11(17)21)3-4-10(20)8-16/h9-10H,3-8,16H2,1-2H3,(H2,17,21)(H,18,24)/t9-,10+/m1/s1. The number of nitrogens with two attached hydrogens (primary N) is 2. The van der Waals surface area contributed by atoms with Crippen molar-refractivity contribution in [3.8, 4) is 0 Å². The van der Waals surface area contributed by atoms with E-state index in [1.54, 1.807) is 18.7 Å². The summed E-state index contributed by atoms with van der Waals surface area (Å²) < 4.78 is 0. The van der Waals surface area contributed by atoms with E-state index in [-0.39, 0.29) is 43.3 Å². The van der Waals surface area contributed by atoms with Gasteiger partial charge in [0.25, 0.3) is 5.91 Å². The van der Waals surface area contributed by atoms with E-state index in [1.165, 1.54) is 0 Å². The Balaban J connectivity index is 2.01. The number of carbonyl (C=O) groups is 4. The molecule has 2 aliphatic rings. The fourth-order valence-corrected chi connectivity index (χ4v) is 3.39. The Kier molecular flexibility index (Phi) is 5.12. The number of nitrogens with zero attached hydrogens (tertiary/aromatic N) is 2. The van der Waals surface area contributed by atoms with Gasteiger partial charge in [-0.3, -0.25) is 19.3 Å². The molecule has 2 fully saturated rings. The number of imide groups is 1. The fraction of sp³-hybridized carbons (Fsp3) is 0.733. The number of likely N-dealkylation sites (tertiary alicyclic amines) is 1. The van der Waals surface area contributed by atoms with Crippen LogP contribution < -0.4 is 16.8 Å². The molecule has 2 aliphatic heterocycles. The van der Waals surface area contributed by atoms with Crippen LogP contribution in [0, 0.1) is 0 Å². The lowest BCUT2D eigenvalue weighted by Crippen LogP contribution is -2.47. The van der Waals surface area contributed by atoms with E-state index in [1.807, 2.05) is 0 Å². The molecule has 2 saturated heterocycles. The zero-order valence-corrected chi connectivity index (χ0v) is 14.1. The van der Waals surface area contributed by atoms with Crippen molar-refractivity contribution in [2.24, 2.45) is 11.5 Å². The van der Waals surface area contributed by atoms with Gasteiger partial charge in [-0.25, -0.2) is 4.79 Å². The molecule has 0 spiro atoms. The molecule has 2 atom stereocenters. The van der Waals surface area contributed by atoms with Crippen molar-refractivity contribution >= 4 is 23.8 Å². The number of urea groups is 1. The van der Waals surface area contributed by atoms with Gasteiger partial charge in [-0.15, -0.1) is 0 Å². The normalized spacial score (nSPS) is 26.0. The highest BCUT2D eigenvalue weighted by Crippen LogP contribution is 2.27. The number of primary amides is 1. The second-order valence-electron chi connectivity index (χ2n) is 6.85. The van der Waals surface area contributed by atoms with Gasteiger partial charge in [0.1, 0.15) is 5.54 Å². The number of amides is 5. The van der Waals surface area contributed by atoms with Crippen LogP contribution in [0.15, 0.2) is 0 Å². The van der Waals surface area contributed by atoms with Crippen LogP contribution in [0.3, 0.4) is 0 Å².